The molecule has 3 aromatic rings. The van der Waals surface area contributed by atoms with Gasteiger partial charge in [-0.3, -0.25) is 4.79 Å². The van der Waals surface area contributed by atoms with E-state index in [1.54, 1.807) is 6.07 Å². The zero-order valence-electron chi connectivity index (χ0n) is 14.3. The maximum atomic E-state index is 13.3. The van der Waals surface area contributed by atoms with Crippen molar-refractivity contribution in [2.24, 2.45) is 0 Å². The zero-order chi connectivity index (χ0) is 19.7. The Labute approximate surface area is 158 Å². The normalized spacial score (nSPS) is 13.9. The van der Waals surface area contributed by atoms with E-state index in [-0.39, 0.29) is 28.6 Å². The lowest BCUT2D eigenvalue weighted by atomic mass is 10.1. The Hall–Kier alpha value is -3.80. The summed E-state index contributed by atoms with van der Waals surface area (Å²) in [5, 5.41) is 0. The topological polar surface area (TPSA) is 52.6 Å². The van der Waals surface area contributed by atoms with E-state index in [1.807, 2.05) is 0 Å². The van der Waals surface area contributed by atoms with Crippen LogP contribution in [0, 0.1) is 11.6 Å². The van der Waals surface area contributed by atoms with E-state index >= 15 is 0 Å². The smallest absolute Gasteiger partial charge is 0.343 e. The minimum absolute atomic E-state index is 0.0441. The van der Waals surface area contributed by atoms with Gasteiger partial charge in [-0.15, -0.1) is 0 Å². The van der Waals surface area contributed by atoms with Gasteiger partial charge in [-0.1, -0.05) is 12.1 Å². The molecule has 4 rings (SSSR count). The van der Waals surface area contributed by atoms with Crippen molar-refractivity contribution < 1.29 is 27.8 Å². The molecule has 0 N–H and O–H groups in total. The molecule has 0 unspecified atom stereocenters. The van der Waals surface area contributed by atoms with Gasteiger partial charge < -0.3 is 9.47 Å². The van der Waals surface area contributed by atoms with Gasteiger partial charge in [0.1, 0.15) is 23.1 Å². The maximum absolute atomic E-state index is 13.3. The van der Waals surface area contributed by atoms with Gasteiger partial charge in [-0.25, -0.2) is 13.6 Å². The van der Waals surface area contributed by atoms with Crippen LogP contribution in [-0.2, 0) is 0 Å². The molecule has 0 amide bonds. The van der Waals surface area contributed by atoms with Gasteiger partial charge in [0.05, 0.1) is 11.1 Å². The summed E-state index contributed by atoms with van der Waals surface area (Å²) in [4.78, 5) is 24.6. The molecular weight excluding hydrogens is 366 g/mol. The zero-order valence-corrected chi connectivity index (χ0v) is 14.3. The SMILES string of the molecule is O=C(Oc1ccc2c(c1)O/C(=C\c1cccc(F)c1)C2=O)c1ccc(F)cc1. The van der Waals surface area contributed by atoms with Crippen LogP contribution in [0.5, 0.6) is 11.5 Å². The molecule has 138 valence electrons. The van der Waals surface area contributed by atoms with E-state index in [2.05, 4.69) is 0 Å². The van der Waals surface area contributed by atoms with E-state index in [1.165, 1.54) is 54.6 Å². The van der Waals surface area contributed by atoms with Crippen molar-refractivity contribution in [3.63, 3.8) is 0 Å². The lowest BCUT2D eigenvalue weighted by Gasteiger charge is -2.05. The highest BCUT2D eigenvalue weighted by atomic mass is 19.1. The molecule has 1 aliphatic rings. The van der Waals surface area contributed by atoms with Gasteiger partial charge in [0.2, 0.25) is 5.78 Å². The van der Waals surface area contributed by atoms with E-state index in [0.717, 1.165) is 12.1 Å². The van der Waals surface area contributed by atoms with Crippen LogP contribution in [0.3, 0.4) is 0 Å². The number of benzene rings is 3. The first kappa shape index (κ1) is 17.6. The first-order valence-corrected chi connectivity index (χ1v) is 8.31. The third-order valence-corrected chi connectivity index (χ3v) is 4.08. The van der Waals surface area contributed by atoms with Gasteiger partial charge in [-0.05, 0) is 60.2 Å². The molecule has 1 heterocycles. The summed E-state index contributed by atoms with van der Waals surface area (Å²) < 4.78 is 37.1. The highest BCUT2D eigenvalue weighted by molar-refractivity contribution is 6.14. The molecule has 0 saturated carbocycles. The van der Waals surface area contributed by atoms with Gasteiger partial charge in [0.25, 0.3) is 0 Å². The lowest BCUT2D eigenvalue weighted by Crippen LogP contribution is -2.08. The minimum atomic E-state index is -0.667. The van der Waals surface area contributed by atoms with Gasteiger partial charge in [0, 0.05) is 6.07 Å². The molecule has 28 heavy (non-hydrogen) atoms. The van der Waals surface area contributed by atoms with Crippen molar-refractivity contribution in [1.82, 2.24) is 0 Å². The van der Waals surface area contributed by atoms with E-state index in [4.69, 9.17) is 9.47 Å². The maximum Gasteiger partial charge on any atom is 0.343 e. The summed E-state index contributed by atoms with van der Waals surface area (Å²) >= 11 is 0. The average Bonchev–Trinajstić information content (AvgIpc) is 2.97. The molecule has 4 nitrogen and oxygen atoms in total. The first-order valence-electron chi connectivity index (χ1n) is 8.31. The van der Waals surface area contributed by atoms with Crippen LogP contribution < -0.4 is 9.47 Å². The largest absolute Gasteiger partial charge is 0.452 e. The molecule has 0 atom stereocenters. The summed E-state index contributed by atoms with van der Waals surface area (Å²) in [5.74, 6) is -1.45. The number of carbonyl (C=O) groups excluding carboxylic acids is 2. The summed E-state index contributed by atoms with van der Waals surface area (Å²) in [7, 11) is 0. The number of carbonyl (C=O) groups is 2. The summed E-state index contributed by atoms with van der Waals surface area (Å²) in [6.07, 6.45) is 1.44. The number of Topliss-reactive ketones (excluding diaryl/α,β-unsaturated/α-hetero) is 1. The molecule has 0 fully saturated rings. The third-order valence-electron chi connectivity index (χ3n) is 4.08. The second kappa shape index (κ2) is 7.08. The number of hydrogen-bond donors (Lipinski definition) is 0. The summed E-state index contributed by atoms with van der Waals surface area (Å²) in [6, 6.07) is 15.1. The van der Waals surface area contributed by atoms with Crippen LogP contribution in [0.2, 0.25) is 0 Å². The van der Waals surface area contributed by atoms with Crippen LogP contribution in [0.25, 0.3) is 6.08 Å². The Morgan fingerprint density at radius 1 is 0.929 bits per heavy atom. The van der Waals surface area contributed by atoms with Crippen molar-refractivity contribution in [2.45, 2.75) is 0 Å². The Morgan fingerprint density at radius 2 is 1.71 bits per heavy atom. The van der Waals surface area contributed by atoms with Crippen molar-refractivity contribution >= 4 is 17.8 Å². The van der Waals surface area contributed by atoms with Crippen LogP contribution in [0.4, 0.5) is 8.78 Å². The molecule has 0 aromatic heterocycles. The molecule has 0 aliphatic carbocycles. The van der Waals surface area contributed by atoms with Crippen molar-refractivity contribution in [3.05, 3.63) is 101 Å². The van der Waals surface area contributed by atoms with Crippen LogP contribution in [-0.4, -0.2) is 11.8 Å². The Balaban J connectivity index is 1.55. The molecule has 0 radical (unpaired) electrons. The second-order valence-electron chi connectivity index (χ2n) is 6.05. The molecular formula is C22H12F2O4. The molecule has 0 spiro atoms. The number of fused-ring (bicyclic) bond motifs is 1. The Kier molecular flexibility index (Phi) is 4.45. The second-order valence-corrected chi connectivity index (χ2v) is 6.05. The standard InChI is InChI=1S/C22H12F2O4/c23-15-6-4-14(5-7-15)22(26)27-17-8-9-18-19(12-17)28-20(21(18)25)11-13-2-1-3-16(24)10-13/h1-12H/b20-11-. The first-order chi connectivity index (χ1) is 13.5. The monoisotopic (exact) mass is 378 g/mol. The fraction of sp³-hybridized carbons (Fsp3) is 0. The minimum Gasteiger partial charge on any atom is -0.452 e. The van der Waals surface area contributed by atoms with Crippen molar-refractivity contribution in [2.75, 3.05) is 0 Å². The van der Waals surface area contributed by atoms with Crippen LogP contribution >= 0.6 is 0 Å². The lowest BCUT2D eigenvalue weighted by molar-refractivity contribution is 0.0734. The number of esters is 1. The highest BCUT2D eigenvalue weighted by Gasteiger charge is 2.28. The third kappa shape index (κ3) is 3.53. The fourth-order valence-electron chi connectivity index (χ4n) is 2.73. The average molecular weight is 378 g/mol. The Bertz CT molecular complexity index is 1120. The predicted molar refractivity (Wildman–Crippen MR) is 97.1 cm³/mol. The van der Waals surface area contributed by atoms with Gasteiger partial charge in [-0.2, -0.15) is 0 Å². The van der Waals surface area contributed by atoms with Crippen molar-refractivity contribution in [1.29, 1.82) is 0 Å². The van der Waals surface area contributed by atoms with Gasteiger partial charge in [0.15, 0.2) is 5.76 Å². The van der Waals surface area contributed by atoms with Crippen LogP contribution in [0.1, 0.15) is 26.3 Å². The number of halogens is 2. The number of ether oxygens (including phenoxy) is 2. The molecule has 0 saturated heterocycles. The molecule has 3 aromatic carbocycles. The highest BCUT2D eigenvalue weighted by Crippen LogP contribution is 2.35. The van der Waals surface area contributed by atoms with E-state index < -0.39 is 17.6 Å². The summed E-state index contributed by atoms with van der Waals surface area (Å²) in [6.45, 7) is 0. The quantitative estimate of drug-likeness (QED) is 0.373. The van der Waals surface area contributed by atoms with Gasteiger partial charge >= 0.3 is 5.97 Å². The number of rotatable bonds is 3. The molecule has 1 aliphatic heterocycles. The fourth-order valence-corrected chi connectivity index (χ4v) is 2.73. The number of hydrogen-bond acceptors (Lipinski definition) is 4. The number of allylic oxidation sites excluding steroid dienone is 1. The predicted octanol–water partition coefficient (Wildman–Crippen LogP) is 4.80. The summed E-state index contributed by atoms with van der Waals surface area (Å²) in [5.41, 5.74) is 0.980. The Morgan fingerprint density at radius 3 is 2.46 bits per heavy atom. The number of ketones is 1. The van der Waals surface area contributed by atoms with E-state index in [0.29, 0.717) is 11.1 Å². The molecule has 6 heteroatoms. The molecule has 0 bridgehead atoms. The van der Waals surface area contributed by atoms with E-state index in [9.17, 15) is 18.4 Å². The van der Waals surface area contributed by atoms with Crippen LogP contribution in [0.15, 0.2) is 72.5 Å². The van der Waals surface area contributed by atoms with Crippen molar-refractivity contribution in [3.8, 4) is 11.5 Å².